The molecule has 0 fully saturated rings. The molecule has 1 aromatic rings. The molecule has 1 rings (SSSR count). The second-order valence-corrected chi connectivity index (χ2v) is 2.37. The molecule has 10 heavy (non-hydrogen) atoms. The zero-order valence-electron chi connectivity index (χ0n) is 5.63. The highest BCUT2D eigenvalue weighted by atomic mass is 35.5. The number of hydrogen-bond acceptors (Lipinski definition) is 2. The van der Waals surface area contributed by atoms with Gasteiger partial charge in [-0.3, -0.25) is 9.97 Å². The van der Waals surface area contributed by atoms with Crippen LogP contribution in [0, 0.1) is 0 Å². The Bertz CT molecular complexity index is 176. The van der Waals surface area contributed by atoms with Crippen LogP contribution in [0.4, 0.5) is 0 Å². The van der Waals surface area contributed by atoms with Gasteiger partial charge in [0.2, 0.25) is 0 Å². The summed E-state index contributed by atoms with van der Waals surface area (Å²) in [6.45, 7) is 0. The van der Waals surface area contributed by atoms with Crippen LogP contribution in [-0.2, 0) is 6.42 Å². The Balaban J connectivity index is 2.43. The van der Waals surface area contributed by atoms with Gasteiger partial charge in [0.1, 0.15) is 0 Å². The number of halogens is 1. The van der Waals surface area contributed by atoms with Gasteiger partial charge in [0.25, 0.3) is 0 Å². The Morgan fingerprint density at radius 2 is 2.30 bits per heavy atom. The van der Waals surface area contributed by atoms with Crippen LogP contribution in [0.2, 0.25) is 0 Å². The van der Waals surface area contributed by atoms with E-state index in [2.05, 4.69) is 9.97 Å². The summed E-state index contributed by atoms with van der Waals surface area (Å²) in [5, 5.41) is 0. The maximum atomic E-state index is 5.50. The molecule has 0 atom stereocenters. The average molecular weight is 157 g/mol. The molecule has 0 unspecified atom stereocenters. The summed E-state index contributed by atoms with van der Waals surface area (Å²) in [4.78, 5) is 8.03. The Morgan fingerprint density at radius 1 is 1.40 bits per heavy atom. The molecule has 0 spiro atoms. The first-order chi connectivity index (χ1) is 4.93. The van der Waals surface area contributed by atoms with Crippen molar-refractivity contribution in [2.24, 2.45) is 0 Å². The van der Waals surface area contributed by atoms with Crippen molar-refractivity contribution >= 4 is 11.6 Å². The molecule has 0 aromatic carbocycles. The smallest absolute Gasteiger partial charge is 0.0587 e. The molecular weight excluding hydrogens is 148 g/mol. The normalized spacial score (nSPS) is 9.70. The summed E-state index contributed by atoms with van der Waals surface area (Å²) in [5.74, 6) is 0.691. The lowest BCUT2D eigenvalue weighted by molar-refractivity contribution is 0.876. The summed E-state index contributed by atoms with van der Waals surface area (Å²) in [5.41, 5.74) is 1.02. The number of nitrogens with zero attached hydrogens (tertiary/aromatic N) is 2. The van der Waals surface area contributed by atoms with Crippen molar-refractivity contribution in [1.29, 1.82) is 0 Å². The van der Waals surface area contributed by atoms with Gasteiger partial charge in [0.05, 0.1) is 5.69 Å². The van der Waals surface area contributed by atoms with E-state index in [0.29, 0.717) is 5.88 Å². The van der Waals surface area contributed by atoms with Crippen molar-refractivity contribution in [3.8, 4) is 0 Å². The van der Waals surface area contributed by atoms with Gasteiger partial charge in [-0.05, 0) is 12.8 Å². The topological polar surface area (TPSA) is 25.8 Å². The first-order valence-electron chi connectivity index (χ1n) is 3.24. The minimum absolute atomic E-state index is 0.691. The van der Waals surface area contributed by atoms with Crippen LogP contribution in [0.3, 0.4) is 0 Å². The third kappa shape index (κ3) is 2.31. The molecule has 0 aliphatic heterocycles. The van der Waals surface area contributed by atoms with E-state index in [1.54, 1.807) is 18.6 Å². The van der Waals surface area contributed by atoms with Crippen LogP contribution in [-0.4, -0.2) is 15.8 Å². The van der Waals surface area contributed by atoms with Gasteiger partial charge < -0.3 is 0 Å². The molecule has 0 bridgehead atoms. The molecule has 0 saturated heterocycles. The highest BCUT2D eigenvalue weighted by Gasteiger charge is 1.90. The van der Waals surface area contributed by atoms with E-state index >= 15 is 0 Å². The fourth-order valence-electron chi connectivity index (χ4n) is 0.707. The Kier molecular flexibility index (Phi) is 3.16. The number of rotatable bonds is 3. The summed E-state index contributed by atoms with van der Waals surface area (Å²) in [6, 6.07) is 0. The van der Waals surface area contributed by atoms with Crippen LogP contribution in [0.5, 0.6) is 0 Å². The van der Waals surface area contributed by atoms with Gasteiger partial charge in [-0.2, -0.15) is 0 Å². The predicted molar refractivity (Wildman–Crippen MR) is 41.1 cm³/mol. The largest absolute Gasteiger partial charge is 0.261 e. The van der Waals surface area contributed by atoms with Crippen molar-refractivity contribution in [3.05, 3.63) is 24.3 Å². The SMILES string of the molecule is ClCCCc1cnccn1. The minimum Gasteiger partial charge on any atom is -0.261 e. The Morgan fingerprint density at radius 3 is 2.90 bits per heavy atom. The molecule has 1 heterocycles. The summed E-state index contributed by atoms with van der Waals surface area (Å²) >= 11 is 5.50. The van der Waals surface area contributed by atoms with Crippen molar-refractivity contribution in [1.82, 2.24) is 9.97 Å². The monoisotopic (exact) mass is 156 g/mol. The molecule has 1 aromatic heterocycles. The van der Waals surface area contributed by atoms with E-state index in [-0.39, 0.29) is 0 Å². The first kappa shape index (κ1) is 7.48. The molecule has 3 heteroatoms. The lowest BCUT2D eigenvalue weighted by Gasteiger charge is -1.93. The number of hydrogen-bond donors (Lipinski definition) is 0. The van der Waals surface area contributed by atoms with Crippen LogP contribution in [0.15, 0.2) is 18.6 Å². The maximum Gasteiger partial charge on any atom is 0.0587 e. The molecule has 0 aliphatic rings. The van der Waals surface area contributed by atoms with E-state index in [1.807, 2.05) is 0 Å². The van der Waals surface area contributed by atoms with Crippen molar-refractivity contribution in [2.75, 3.05) is 5.88 Å². The van der Waals surface area contributed by atoms with Gasteiger partial charge >= 0.3 is 0 Å². The molecule has 0 saturated carbocycles. The summed E-state index contributed by atoms with van der Waals surface area (Å²) in [6.07, 6.45) is 7.04. The van der Waals surface area contributed by atoms with Crippen molar-refractivity contribution < 1.29 is 0 Å². The molecule has 0 aliphatic carbocycles. The summed E-state index contributed by atoms with van der Waals surface area (Å²) in [7, 11) is 0. The van der Waals surface area contributed by atoms with Crippen LogP contribution < -0.4 is 0 Å². The lowest BCUT2D eigenvalue weighted by Crippen LogP contribution is -1.90. The zero-order chi connectivity index (χ0) is 7.23. The van der Waals surface area contributed by atoms with Gasteiger partial charge in [-0.15, -0.1) is 11.6 Å². The molecule has 0 amide bonds. The predicted octanol–water partition coefficient (Wildman–Crippen LogP) is 1.65. The van der Waals surface area contributed by atoms with E-state index in [1.165, 1.54) is 0 Å². The molecule has 2 nitrogen and oxygen atoms in total. The van der Waals surface area contributed by atoms with Gasteiger partial charge in [0.15, 0.2) is 0 Å². The van der Waals surface area contributed by atoms with E-state index in [4.69, 9.17) is 11.6 Å². The lowest BCUT2D eigenvalue weighted by atomic mass is 10.3. The fraction of sp³-hybridized carbons (Fsp3) is 0.429. The maximum absolute atomic E-state index is 5.50. The molecule has 54 valence electrons. The Hall–Kier alpha value is -0.630. The third-order valence-electron chi connectivity index (χ3n) is 1.18. The Labute approximate surface area is 65.3 Å². The van der Waals surface area contributed by atoms with E-state index in [0.717, 1.165) is 18.5 Å². The first-order valence-corrected chi connectivity index (χ1v) is 3.78. The second-order valence-electron chi connectivity index (χ2n) is 1.99. The zero-order valence-corrected chi connectivity index (χ0v) is 6.38. The third-order valence-corrected chi connectivity index (χ3v) is 1.45. The average Bonchev–Trinajstić information content (AvgIpc) is 2.03. The standard InChI is InChI=1S/C7H9ClN2/c8-3-1-2-7-6-9-4-5-10-7/h4-6H,1-3H2. The fourth-order valence-corrected chi connectivity index (χ4v) is 0.841. The summed E-state index contributed by atoms with van der Waals surface area (Å²) < 4.78 is 0. The van der Waals surface area contributed by atoms with Gasteiger partial charge in [-0.1, -0.05) is 0 Å². The number of aromatic nitrogens is 2. The molecule has 0 radical (unpaired) electrons. The number of aryl methyl sites for hydroxylation is 1. The minimum atomic E-state index is 0.691. The van der Waals surface area contributed by atoms with Gasteiger partial charge in [0, 0.05) is 24.5 Å². The van der Waals surface area contributed by atoms with Gasteiger partial charge in [-0.25, -0.2) is 0 Å². The van der Waals surface area contributed by atoms with Crippen molar-refractivity contribution in [3.63, 3.8) is 0 Å². The highest BCUT2D eigenvalue weighted by molar-refractivity contribution is 6.17. The van der Waals surface area contributed by atoms with E-state index in [9.17, 15) is 0 Å². The van der Waals surface area contributed by atoms with Crippen molar-refractivity contribution in [2.45, 2.75) is 12.8 Å². The second kappa shape index (κ2) is 4.23. The molecule has 0 N–H and O–H groups in total. The van der Waals surface area contributed by atoms with Crippen LogP contribution in [0.25, 0.3) is 0 Å². The van der Waals surface area contributed by atoms with Crippen LogP contribution >= 0.6 is 11.6 Å². The highest BCUT2D eigenvalue weighted by Crippen LogP contribution is 1.96. The number of alkyl halides is 1. The van der Waals surface area contributed by atoms with Crippen LogP contribution in [0.1, 0.15) is 12.1 Å². The van der Waals surface area contributed by atoms with E-state index < -0.39 is 0 Å². The molecular formula is C7H9ClN2. The quantitative estimate of drug-likeness (QED) is 0.622.